The molecule has 0 aliphatic rings. The molecule has 0 saturated carbocycles. The van der Waals surface area contributed by atoms with Gasteiger partial charge >= 0.3 is 5.97 Å². The van der Waals surface area contributed by atoms with Crippen molar-refractivity contribution < 1.29 is 19.7 Å². The van der Waals surface area contributed by atoms with Gasteiger partial charge < -0.3 is 19.9 Å². The summed E-state index contributed by atoms with van der Waals surface area (Å²) < 4.78 is 5.46. The maximum atomic E-state index is 11.0. The molecule has 4 N–H and O–H groups in total. The first-order valence-electron chi connectivity index (χ1n) is 7.94. The Kier molecular flexibility index (Phi) is 5.02. The van der Waals surface area contributed by atoms with E-state index >= 15 is 0 Å². The number of nitrogens with one attached hydrogen (secondary N) is 2. The number of aromatic nitrogens is 1. The van der Waals surface area contributed by atoms with Crippen molar-refractivity contribution in [1.29, 1.82) is 0 Å². The van der Waals surface area contributed by atoms with Gasteiger partial charge in [-0.05, 0) is 17.7 Å². The maximum absolute atomic E-state index is 11.0. The van der Waals surface area contributed by atoms with Crippen molar-refractivity contribution in [2.24, 2.45) is 0 Å². The average molecular weight is 340 g/mol. The molecule has 6 heteroatoms. The summed E-state index contributed by atoms with van der Waals surface area (Å²) in [7, 11) is 1.58. The highest BCUT2D eigenvalue weighted by molar-refractivity contribution is 5.95. The highest BCUT2D eigenvalue weighted by Gasteiger charge is 2.16. The molecule has 130 valence electrons. The molecule has 0 amide bonds. The van der Waals surface area contributed by atoms with E-state index in [2.05, 4.69) is 16.4 Å². The van der Waals surface area contributed by atoms with Gasteiger partial charge in [0.05, 0.1) is 13.7 Å². The molecule has 0 aliphatic carbocycles. The third kappa shape index (κ3) is 3.50. The van der Waals surface area contributed by atoms with E-state index in [1.165, 1.54) is 0 Å². The molecular formula is C19H20N2O4. The van der Waals surface area contributed by atoms with Crippen LogP contribution in [0.2, 0.25) is 0 Å². The third-order valence-electron chi connectivity index (χ3n) is 4.21. The minimum atomic E-state index is -1.09. The van der Waals surface area contributed by atoms with Crippen LogP contribution in [0, 0.1) is 0 Å². The van der Waals surface area contributed by atoms with Crippen LogP contribution in [-0.4, -0.2) is 40.9 Å². The zero-order valence-electron chi connectivity index (χ0n) is 13.8. The second kappa shape index (κ2) is 7.38. The van der Waals surface area contributed by atoms with E-state index in [9.17, 15) is 4.79 Å². The minimum Gasteiger partial charge on any atom is -0.496 e. The summed E-state index contributed by atoms with van der Waals surface area (Å²) in [6, 6.07) is 12.9. The number of methoxy groups -OCH3 is 1. The number of ether oxygens (including phenoxy) is 1. The molecule has 0 spiro atoms. The molecular weight excluding hydrogens is 320 g/mol. The number of carbonyl (C=O) groups is 1. The van der Waals surface area contributed by atoms with Crippen LogP contribution in [0.5, 0.6) is 5.75 Å². The van der Waals surface area contributed by atoms with Gasteiger partial charge in [-0.1, -0.05) is 30.3 Å². The van der Waals surface area contributed by atoms with E-state index in [4.69, 9.17) is 14.9 Å². The van der Waals surface area contributed by atoms with Crippen molar-refractivity contribution in [2.45, 2.75) is 12.6 Å². The molecule has 1 aromatic heterocycles. The van der Waals surface area contributed by atoms with Crippen LogP contribution >= 0.6 is 0 Å². The quantitative estimate of drug-likeness (QED) is 0.530. The summed E-state index contributed by atoms with van der Waals surface area (Å²) >= 11 is 0. The number of para-hydroxylation sites is 1. The van der Waals surface area contributed by atoms with Crippen LogP contribution in [0.4, 0.5) is 0 Å². The number of H-pyrrole nitrogens is 1. The summed E-state index contributed by atoms with van der Waals surface area (Å²) in [6.07, 6.45) is 1.96. The summed E-state index contributed by atoms with van der Waals surface area (Å²) in [4.78, 5) is 14.2. The number of fused-ring (bicyclic) bond motifs is 1. The molecule has 6 nitrogen and oxygen atoms in total. The lowest BCUT2D eigenvalue weighted by atomic mass is 10.0. The topological polar surface area (TPSA) is 94.6 Å². The average Bonchev–Trinajstić information content (AvgIpc) is 3.06. The van der Waals surface area contributed by atoms with E-state index in [0.29, 0.717) is 5.75 Å². The van der Waals surface area contributed by atoms with Gasteiger partial charge in [0.1, 0.15) is 11.8 Å². The SMILES string of the molecule is COc1cc(-c2c[nH]c3ccccc23)ccc1CNC(CO)C(=O)O. The van der Waals surface area contributed by atoms with Crippen molar-refractivity contribution in [3.8, 4) is 16.9 Å². The molecule has 2 aromatic carbocycles. The molecule has 0 bridgehead atoms. The van der Waals surface area contributed by atoms with Gasteiger partial charge in [0, 0.05) is 34.8 Å². The van der Waals surface area contributed by atoms with Crippen LogP contribution in [0.3, 0.4) is 0 Å². The first-order chi connectivity index (χ1) is 12.1. The van der Waals surface area contributed by atoms with Crippen LogP contribution in [-0.2, 0) is 11.3 Å². The Morgan fingerprint density at radius 1 is 1.28 bits per heavy atom. The Balaban J connectivity index is 1.88. The van der Waals surface area contributed by atoms with Crippen LogP contribution in [0.15, 0.2) is 48.7 Å². The maximum Gasteiger partial charge on any atom is 0.323 e. The van der Waals surface area contributed by atoms with Gasteiger partial charge in [-0.25, -0.2) is 0 Å². The van der Waals surface area contributed by atoms with Crippen molar-refractivity contribution in [1.82, 2.24) is 10.3 Å². The number of carboxylic acids is 1. The van der Waals surface area contributed by atoms with E-state index in [1.54, 1.807) is 7.11 Å². The number of aliphatic carboxylic acids is 1. The fraction of sp³-hybridized carbons (Fsp3) is 0.211. The first-order valence-corrected chi connectivity index (χ1v) is 7.94. The van der Waals surface area contributed by atoms with Gasteiger partial charge in [-0.3, -0.25) is 10.1 Å². The highest BCUT2D eigenvalue weighted by Crippen LogP contribution is 2.32. The number of benzene rings is 2. The molecule has 3 rings (SSSR count). The molecule has 1 heterocycles. The van der Waals surface area contributed by atoms with Crippen LogP contribution < -0.4 is 10.1 Å². The lowest BCUT2D eigenvalue weighted by Crippen LogP contribution is -2.39. The summed E-state index contributed by atoms with van der Waals surface area (Å²) in [5.74, 6) is -0.422. The smallest absolute Gasteiger partial charge is 0.323 e. The fourth-order valence-corrected chi connectivity index (χ4v) is 2.83. The van der Waals surface area contributed by atoms with Gasteiger partial charge in [0.25, 0.3) is 0 Å². The Bertz CT molecular complexity index is 888. The molecule has 1 atom stereocenters. The zero-order chi connectivity index (χ0) is 17.8. The second-order valence-corrected chi connectivity index (χ2v) is 5.73. The molecule has 1 unspecified atom stereocenters. The van der Waals surface area contributed by atoms with Gasteiger partial charge in [0.2, 0.25) is 0 Å². The minimum absolute atomic E-state index is 0.287. The number of rotatable bonds is 7. The second-order valence-electron chi connectivity index (χ2n) is 5.73. The third-order valence-corrected chi connectivity index (χ3v) is 4.21. The molecule has 0 radical (unpaired) electrons. The number of aliphatic hydroxyl groups is 1. The van der Waals surface area contributed by atoms with Crippen molar-refractivity contribution >= 4 is 16.9 Å². The number of aromatic amines is 1. The Hall–Kier alpha value is -2.83. The summed E-state index contributed by atoms with van der Waals surface area (Å²) in [5.41, 5.74) is 3.97. The van der Waals surface area contributed by atoms with Crippen molar-refractivity contribution in [3.05, 3.63) is 54.2 Å². The van der Waals surface area contributed by atoms with Gasteiger partial charge in [-0.2, -0.15) is 0 Å². The standard InChI is InChI=1S/C19H20N2O4/c1-25-18-8-12(15-10-21-16-5-3-2-4-14(15)16)6-7-13(18)9-20-17(11-22)19(23)24/h2-8,10,17,20-22H,9,11H2,1H3,(H,23,24). The largest absolute Gasteiger partial charge is 0.496 e. The summed E-state index contributed by atoms with van der Waals surface area (Å²) in [5, 5.41) is 22.0. The monoisotopic (exact) mass is 340 g/mol. The predicted molar refractivity (Wildman–Crippen MR) is 95.6 cm³/mol. The van der Waals surface area contributed by atoms with E-state index in [0.717, 1.165) is 27.6 Å². The number of carboxylic acid groups (broad SMARTS) is 1. The van der Waals surface area contributed by atoms with Crippen LogP contribution in [0.1, 0.15) is 5.56 Å². The lowest BCUT2D eigenvalue weighted by molar-refractivity contribution is -0.140. The van der Waals surface area contributed by atoms with Crippen LogP contribution in [0.25, 0.3) is 22.0 Å². The fourth-order valence-electron chi connectivity index (χ4n) is 2.83. The van der Waals surface area contributed by atoms with Gasteiger partial charge in [0.15, 0.2) is 0 Å². The number of hydrogen-bond donors (Lipinski definition) is 4. The van der Waals surface area contributed by atoms with E-state index in [1.807, 2.05) is 42.6 Å². The Morgan fingerprint density at radius 2 is 2.08 bits per heavy atom. The summed E-state index contributed by atoms with van der Waals surface area (Å²) in [6.45, 7) is -0.181. The molecule has 0 saturated heterocycles. The number of hydrogen-bond acceptors (Lipinski definition) is 4. The predicted octanol–water partition coefficient (Wildman–Crippen LogP) is 2.38. The molecule has 3 aromatic rings. The lowest BCUT2D eigenvalue weighted by Gasteiger charge is -2.14. The molecule has 0 aliphatic heterocycles. The number of aliphatic hydroxyl groups excluding tert-OH is 1. The Morgan fingerprint density at radius 3 is 2.80 bits per heavy atom. The van der Waals surface area contributed by atoms with Crippen molar-refractivity contribution in [3.63, 3.8) is 0 Å². The van der Waals surface area contributed by atoms with E-state index in [-0.39, 0.29) is 6.54 Å². The van der Waals surface area contributed by atoms with E-state index < -0.39 is 18.6 Å². The molecule has 25 heavy (non-hydrogen) atoms. The Labute approximate surface area is 145 Å². The normalized spacial score (nSPS) is 12.2. The highest BCUT2D eigenvalue weighted by atomic mass is 16.5. The first kappa shape index (κ1) is 17.0. The van der Waals surface area contributed by atoms with Crippen molar-refractivity contribution in [2.75, 3.05) is 13.7 Å². The zero-order valence-corrected chi connectivity index (χ0v) is 13.8. The van der Waals surface area contributed by atoms with Gasteiger partial charge in [-0.15, -0.1) is 0 Å². The molecule has 0 fully saturated rings.